The highest BCUT2D eigenvalue weighted by Crippen LogP contribution is 2.29. The first kappa shape index (κ1) is 37.6. The summed E-state index contributed by atoms with van der Waals surface area (Å²) in [7, 11) is -12.5. The highest BCUT2D eigenvalue weighted by molar-refractivity contribution is 6.72. The van der Waals surface area contributed by atoms with Gasteiger partial charge < -0.3 is 26.6 Å². The van der Waals surface area contributed by atoms with E-state index in [1.54, 1.807) is 0 Å². The van der Waals surface area contributed by atoms with Crippen molar-refractivity contribution in [2.75, 3.05) is 6.61 Å². The summed E-state index contributed by atoms with van der Waals surface area (Å²) in [5.74, 6) is -0.355. The van der Waals surface area contributed by atoms with Crippen LogP contribution in [0.1, 0.15) is 0 Å². The summed E-state index contributed by atoms with van der Waals surface area (Å²) in [6.45, 7) is 38.6. The molecular formula is C24H60O7Si6. The highest BCUT2D eigenvalue weighted by atomic mass is 28.4. The highest BCUT2D eigenvalue weighted by Gasteiger charge is 2.48. The fraction of sp³-hybridized carbons (Fsp3) is 0.958. The molecule has 0 radical (unpaired) electrons. The molecule has 0 aromatic heterocycles. The van der Waals surface area contributed by atoms with Crippen LogP contribution in [0.15, 0.2) is 0 Å². The van der Waals surface area contributed by atoms with Crippen molar-refractivity contribution in [1.82, 2.24) is 0 Å². The molecule has 0 heterocycles. The fourth-order valence-corrected chi connectivity index (χ4v) is 9.11. The molecular weight excluding hydrogens is 569 g/mol. The molecule has 0 fully saturated rings. The van der Waals surface area contributed by atoms with Crippen molar-refractivity contribution in [3.05, 3.63) is 0 Å². The van der Waals surface area contributed by atoms with Crippen LogP contribution in [-0.4, -0.2) is 86.9 Å². The van der Waals surface area contributed by atoms with Crippen molar-refractivity contribution in [2.45, 2.75) is 142 Å². The average molecular weight is 629 g/mol. The third-order valence-corrected chi connectivity index (χ3v) is 10.0. The molecule has 7 nitrogen and oxygen atoms in total. The summed E-state index contributed by atoms with van der Waals surface area (Å²) >= 11 is 0. The van der Waals surface area contributed by atoms with Gasteiger partial charge in [-0.15, -0.1) is 0 Å². The van der Waals surface area contributed by atoms with Gasteiger partial charge >= 0.3 is 5.97 Å². The third kappa shape index (κ3) is 19.3. The minimum atomic E-state index is -2.18. The first-order valence-electron chi connectivity index (χ1n) is 13.6. The van der Waals surface area contributed by atoms with E-state index in [0.29, 0.717) is 6.61 Å². The van der Waals surface area contributed by atoms with E-state index < -0.39 is 68.2 Å². The Morgan fingerprint density at radius 3 is 1.19 bits per heavy atom. The van der Waals surface area contributed by atoms with Crippen LogP contribution < -0.4 is 0 Å². The minimum Gasteiger partial charge on any atom is -0.518 e. The standard InChI is InChI=1S/C24H60O7Si6/c1-32(2,3)26-19-20(27-33(4,5)6)21(28-34(7,8)9)22(29-35(10,11)12)23(30-36(13,14)15)24(25)31-37(16,17)18/h20-23H,19H2,1-18H3/t20-,21+,22-,23-/m0/s1. The second kappa shape index (κ2) is 13.5. The number of hydrogen-bond acceptors (Lipinski definition) is 7. The number of hydrogen-bond donors (Lipinski definition) is 0. The number of carbonyl (C=O) groups excluding carboxylic acids is 1. The molecule has 4 atom stereocenters. The Balaban J connectivity index is 7.03. The lowest BCUT2D eigenvalue weighted by Crippen LogP contribution is -2.61. The van der Waals surface area contributed by atoms with Crippen LogP contribution in [-0.2, 0) is 31.4 Å². The zero-order chi connectivity index (χ0) is 29.8. The Bertz CT molecular complexity index is 710. The van der Waals surface area contributed by atoms with E-state index in [2.05, 4.69) is 98.2 Å². The molecule has 0 rings (SSSR count). The Hall–Kier alpha value is 0.571. The molecule has 0 aromatic carbocycles. The van der Waals surface area contributed by atoms with E-state index in [9.17, 15) is 4.79 Å². The van der Waals surface area contributed by atoms with Gasteiger partial charge in [-0.25, -0.2) is 0 Å². The van der Waals surface area contributed by atoms with Crippen molar-refractivity contribution >= 4 is 55.9 Å². The van der Waals surface area contributed by atoms with E-state index in [1.807, 2.05) is 19.6 Å². The van der Waals surface area contributed by atoms with E-state index in [-0.39, 0.29) is 12.1 Å². The van der Waals surface area contributed by atoms with Gasteiger partial charge in [0, 0.05) is 0 Å². The first-order valence-corrected chi connectivity index (χ1v) is 34.0. The maximum atomic E-state index is 13.8. The number of rotatable bonds is 16. The second-order valence-corrected chi connectivity index (χ2v) is 42.6. The predicted molar refractivity (Wildman–Crippen MR) is 172 cm³/mol. The van der Waals surface area contributed by atoms with Crippen molar-refractivity contribution in [3.8, 4) is 0 Å². The summed E-state index contributed by atoms with van der Waals surface area (Å²) in [6.07, 6.45) is -2.48. The van der Waals surface area contributed by atoms with Gasteiger partial charge in [0.25, 0.3) is 0 Å². The summed E-state index contributed by atoms with van der Waals surface area (Å²) in [5, 5.41) is 0. The van der Waals surface area contributed by atoms with Crippen LogP contribution in [0.5, 0.6) is 0 Å². The molecule has 0 saturated carbocycles. The summed E-state index contributed by atoms with van der Waals surface area (Å²) in [6, 6.07) is 0. The van der Waals surface area contributed by atoms with Gasteiger partial charge in [0.1, 0.15) is 12.2 Å². The monoisotopic (exact) mass is 628 g/mol. The Kier molecular flexibility index (Phi) is 13.7. The van der Waals surface area contributed by atoms with Crippen LogP contribution in [0.4, 0.5) is 0 Å². The predicted octanol–water partition coefficient (Wildman–Crippen LogP) is 7.10. The molecule has 222 valence electrons. The van der Waals surface area contributed by atoms with Crippen molar-refractivity contribution in [1.29, 1.82) is 0 Å². The van der Waals surface area contributed by atoms with Crippen molar-refractivity contribution in [2.24, 2.45) is 0 Å². The molecule has 0 unspecified atom stereocenters. The SMILES string of the molecule is C[Si](C)(C)OC[C@H](O[Si](C)(C)C)[C@@H](O[Si](C)(C)C)[C@H](O[Si](C)(C)C)[C@H](O[Si](C)(C)C)C(=O)O[Si](C)(C)C. The van der Waals surface area contributed by atoms with Crippen LogP contribution in [0, 0.1) is 0 Å². The molecule has 0 aliphatic heterocycles. The van der Waals surface area contributed by atoms with E-state index in [4.69, 9.17) is 26.6 Å². The Morgan fingerprint density at radius 2 is 0.865 bits per heavy atom. The summed E-state index contributed by atoms with van der Waals surface area (Å²) in [4.78, 5) is 13.8. The maximum absolute atomic E-state index is 13.8. The maximum Gasteiger partial charge on any atom is 0.323 e. The van der Waals surface area contributed by atoms with E-state index in [1.165, 1.54) is 0 Å². The van der Waals surface area contributed by atoms with Gasteiger partial charge in [0.15, 0.2) is 47.7 Å². The molecule has 13 heteroatoms. The van der Waals surface area contributed by atoms with Gasteiger partial charge in [-0.05, 0) is 118 Å². The zero-order valence-electron chi connectivity index (χ0n) is 27.4. The van der Waals surface area contributed by atoms with Gasteiger partial charge in [0.05, 0.1) is 12.7 Å². The zero-order valence-corrected chi connectivity index (χ0v) is 33.4. The van der Waals surface area contributed by atoms with Crippen LogP contribution >= 0.6 is 0 Å². The molecule has 0 bridgehead atoms. The lowest BCUT2D eigenvalue weighted by molar-refractivity contribution is -0.155. The van der Waals surface area contributed by atoms with Gasteiger partial charge in [-0.2, -0.15) is 0 Å². The minimum absolute atomic E-state index is 0.355. The van der Waals surface area contributed by atoms with Crippen molar-refractivity contribution in [3.63, 3.8) is 0 Å². The molecule has 0 aliphatic rings. The number of carbonyl (C=O) groups is 1. The largest absolute Gasteiger partial charge is 0.518 e. The van der Waals surface area contributed by atoms with Crippen molar-refractivity contribution < 1.29 is 31.4 Å². The lowest BCUT2D eigenvalue weighted by atomic mass is 10.0. The van der Waals surface area contributed by atoms with Crippen LogP contribution in [0.25, 0.3) is 0 Å². The lowest BCUT2D eigenvalue weighted by Gasteiger charge is -2.45. The fourth-order valence-electron chi connectivity index (χ4n) is 3.44. The Labute approximate surface area is 235 Å². The second-order valence-electron chi connectivity index (χ2n) is 15.8. The van der Waals surface area contributed by atoms with E-state index in [0.717, 1.165) is 0 Å². The summed E-state index contributed by atoms with van der Waals surface area (Å²) < 4.78 is 39.6. The quantitative estimate of drug-likeness (QED) is 0.169. The normalized spacial score (nSPS) is 17.8. The third-order valence-electron chi connectivity index (χ3n) is 4.27. The average Bonchev–Trinajstić information content (AvgIpc) is 2.54. The summed E-state index contributed by atoms with van der Waals surface area (Å²) in [5.41, 5.74) is 0. The van der Waals surface area contributed by atoms with Crippen LogP contribution in [0.2, 0.25) is 118 Å². The topological polar surface area (TPSA) is 72.5 Å². The van der Waals surface area contributed by atoms with Crippen LogP contribution in [0.3, 0.4) is 0 Å². The molecule has 0 amide bonds. The van der Waals surface area contributed by atoms with Gasteiger partial charge in [-0.3, -0.25) is 4.79 Å². The molecule has 0 aliphatic carbocycles. The smallest absolute Gasteiger partial charge is 0.323 e. The Morgan fingerprint density at radius 1 is 0.486 bits per heavy atom. The molecule has 0 spiro atoms. The molecule has 37 heavy (non-hydrogen) atoms. The molecule has 0 N–H and O–H groups in total. The van der Waals surface area contributed by atoms with Gasteiger partial charge in [-0.1, -0.05) is 0 Å². The first-order chi connectivity index (χ1) is 16.0. The molecule has 0 saturated heterocycles. The molecule has 0 aromatic rings. The van der Waals surface area contributed by atoms with E-state index >= 15 is 0 Å². The van der Waals surface area contributed by atoms with Gasteiger partial charge in [0.2, 0.25) is 8.32 Å².